The topological polar surface area (TPSA) is 0 Å². The molecule has 0 unspecified atom stereocenters. The summed E-state index contributed by atoms with van der Waals surface area (Å²) in [6.07, 6.45) is 1.14. The van der Waals surface area contributed by atoms with Crippen molar-refractivity contribution in [3.05, 3.63) is 34.9 Å². The lowest BCUT2D eigenvalue weighted by Gasteiger charge is -2.05. The van der Waals surface area contributed by atoms with Crippen LogP contribution in [0.2, 0.25) is 0 Å². The van der Waals surface area contributed by atoms with E-state index in [2.05, 4.69) is 70.3 Å². The Hall–Kier alpha value is 0.680. The molecule has 0 bridgehead atoms. The SMILES string of the molecule is CCc1ccc(CI)c(CI)c1. The zero-order chi connectivity index (χ0) is 8.97. The third kappa shape index (κ3) is 2.58. The van der Waals surface area contributed by atoms with Crippen LogP contribution in [0.15, 0.2) is 18.2 Å². The lowest BCUT2D eigenvalue weighted by molar-refractivity contribution is 1.12. The fourth-order valence-electron chi connectivity index (χ4n) is 1.15. The van der Waals surface area contributed by atoms with Crippen LogP contribution < -0.4 is 0 Å². The molecule has 66 valence electrons. The lowest BCUT2D eigenvalue weighted by Crippen LogP contribution is -1.90. The van der Waals surface area contributed by atoms with Crippen LogP contribution in [0.1, 0.15) is 23.6 Å². The van der Waals surface area contributed by atoms with Crippen LogP contribution in [0.4, 0.5) is 0 Å². The van der Waals surface area contributed by atoms with Crippen LogP contribution in [0.5, 0.6) is 0 Å². The molecule has 0 saturated carbocycles. The van der Waals surface area contributed by atoms with E-state index in [4.69, 9.17) is 0 Å². The van der Waals surface area contributed by atoms with Gasteiger partial charge in [-0.1, -0.05) is 70.3 Å². The standard InChI is InChI=1S/C10H12I2/c1-2-8-3-4-9(6-11)10(5-8)7-12/h3-5H,2,6-7H2,1H3. The molecule has 12 heavy (non-hydrogen) atoms. The molecular formula is C10H12I2. The van der Waals surface area contributed by atoms with Crippen molar-refractivity contribution in [3.63, 3.8) is 0 Å². The molecule has 0 aromatic heterocycles. The quantitative estimate of drug-likeness (QED) is 0.542. The largest absolute Gasteiger partial charge is 0.0812 e. The Morgan fingerprint density at radius 1 is 1.08 bits per heavy atom. The summed E-state index contributed by atoms with van der Waals surface area (Å²) >= 11 is 4.85. The summed E-state index contributed by atoms with van der Waals surface area (Å²) in [5.41, 5.74) is 4.45. The van der Waals surface area contributed by atoms with Crippen molar-refractivity contribution >= 4 is 45.2 Å². The first kappa shape index (κ1) is 10.8. The van der Waals surface area contributed by atoms with Gasteiger partial charge in [0.25, 0.3) is 0 Å². The number of rotatable bonds is 3. The molecule has 0 aliphatic carbocycles. The Balaban J connectivity index is 3.02. The van der Waals surface area contributed by atoms with Crippen molar-refractivity contribution in [3.8, 4) is 0 Å². The highest BCUT2D eigenvalue weighted by molar-refractivity contribution is 14.1. The maximum Gasteiger partial charge on any atom is 0.0250 e. The van der Waals surface area contributed by atoms with Gasteiger partial charge >= 0.3 is 0 Å². The molecule has 0 spiro atoms. The van der Waals surface area contributed by atoms with Crippen LogP contribution in [-0.2, 0) is 15.3 Å². The van der Waals surface area contributed by atoms with Crippen molar-refractivity contribution in [2.75, 3.05) is 0 Å². The molecule has 0 saturated heterocycles. The summed E-state index contributed by atoms with van der Waals surface area (Å²) in [5.74, 6) is 0. The second-order valence-corrected chi connectivity index (χ2v) is 4.25. The molecule has 0 aliphatic rings. The van der Waals surface area contributed by atoms with E-state index in [0.717, 1.165) is 15.3 Å². The summed E-state index contributed by atoms with van der Waals surface area (Å²) in [6, 6.07) is 6.84. The highest BCUT2D eigenvalue weighted by Gasteiger charge is 2.00. The number of halogens is 2. The monoisotopic (exact) mass is 386 g/mol. The molecule has 2 heteroatoms. The molecule has 0 amide bonds. The van der Waals surface area contributed by atoms with E-state index in [1.165, 1.54) is 16.7 Å². The Bertz CT molecular complexity index is 256. The zero-order valence-electron chi connectivity index (χ0n) is 7.11. The third-order valence-electron chi connectivity index (χ3n) is 1.97. The van der Waals surface area contributed by atoms with E-state index in [9.17, 15) is 0 Å². The van der Waals surface area contributed by atoms with Gasteiger partial charge in [0.1, 0.15) is 0 Å². The van der Waals surface area contributed by atoms with Crippen molar-refractivity contribution in [2.45, 2.75) is 22.2 Å². The number of aryl methyl sites for hydroxylation is 1. The van der Waals surface area contributed by atoms with Crippen LogP contribution in [0, 0.1) is 0 Å². The summed E-state index contributed by atoms with van der Waals surface area (Å²) in [7, 11) is 0. The Morgan fingerprint density at radius 3 is 2.25 bits per heavy atom. The van der Waals surface area contributed by atoms with E-state index >= 15 is 0 Å². The first-order valence-corrected chi connectivity index (χ1v) is 7.09. The van der Waals surface area contributed by atoms with Crippen LogP contribution in [-0.4, -0.2) is 0 Å². The van der Waals surface area contributed by atoms with E-state index in [1.54, 1.807) is 0 Å². The van der Waals surface area contributed by atoms with Crippen molar-refractivity contribution in [2.24, 2.45) is 0 Å². The summed E-state index contributed by atoms with van der Waals surface area (Å²) in [5, 5.41) is 0. The number of hydrogen-bond donors (Lipinski definition) is 0. The minimum atomic E-state index is 1.13. The van der Waals surface area contributed by atoms with Gasteiger partial charge in [0, 0.05) is 8.86 Å². The second kappa shape index (κ2) is 5.42. The first-order valence-electron chi connectivity index (χ1n) is 4.04. The average molecular weight is 386 g/mol. The maximum atomic E-state index is 2.43. The Labute approximate surface area is 101 Å². The molecule has 0 fully saturated rings. The average Bonchev–Trinajstić information content (AvgIpc) is 2.16. The Morgan fingerprint density at radius 2 is 1.75 bits per heavy atom. The Kier molecular flexibility index (Phi) is 4.86. The highest BCUT2D eigenvalue weighted by atomic mass is 127. The van der Waals surface area contributed by atoms with Crippen LogP contribution in [0.3, 0.4) is 0 Å². The molecule has 1 rings (SSSR count). The molecule has 0 radical (unpaired) electrons. The minimum absolute atomic E-state index is 1.13. The van der Waals surface area contributed by atoms with Crippen LogP contribution >= 0.6 is 45.2 Å². The summed E-state index contributed by atoms with van der Waals surface area (Å²) < 4.78 is 2.25. The van der Waals surface area contributed by atoms with Gasteiger partial charge in [-0.05, 0) is 23.1 Å². The number of hydrogen-bond acceptors (Lipinski definition) is 0. The zero-order valence-corrected chi connectivity index (χ0v) is 11.4. The molecular weight excluding hydrogens is 374 g/mol. The van der Waals surface area contributed by atoms with Crippen molar-refractivity contribution < 1.29 is 0 Å². The predicted octanol–water partition coefficient (Wildman–Crippen LogP) is 4.12. The summed E-state index contributed by atoms with van der Waals surface area (Å²) in [4.78, 5) is 0. The second-order valence-electron chi connectivity index (χ2n) is 2.72. The molecule has 0 atom stereocenters. The van der Waals surface area contributed by atoms with E-state index in [1.807, 2.05) is 0 Å². The first-order chi connectivity index (χ1) is 5.81. The van der Waals surface area contributed by atoms with Gasteiger partial charge in [-0.25, -0.2) is 0 Å². The van der Waals surface area contributed by atoms with Gasteiger partial charge in [0.15, 0.2) is 0 Å². The fraction of sp³-hybridized carbons (Fsp3) is 0.400. The van der Waals surface area contributed by atoms with Gasteiger partial charge in [0.2, 0.25) is 0 Å². The smallest absolute Gasteiger partial charge is 0.0250 e. The van der Waals surface area contributed by atoms with Gasteiger partial charge < -0.3 is 0 Å². The molecule has 0 heterocycles. The van der Waals surface area contributed by atoms with Crippen LogP contribution in [0.25, 0.3) is 0 Å². The van der Waals surface area contributed by atoms with E-state index in [-0.39, 0.29) is 0 Å². The number of alkyl halides is 2. The van der Waals surface area contributed by atoms with Gasteiger partial charge in [-0.3, -0.25) is 0 Å². The maximum absolute atomic E-state index is 2.43. The fourth-order valence-corrected chi connectivity index (χ4v) is 2.61. The third-order valence-corrected chi connectivity index (χ3v) is 3.61. The number of benzene rings is 1. The minimum Gasteiger partial charge on any atom is -0.0812 e. The van der Waals surface area contributed by atoms with Gasteiger partial charge in [-0.2, -0.15) is 0 Å². The van der Waals surface area contributed by atoms with E-state index in [0.29, 0.717) is 0 Å². The molecule has 0 aliphatic heterocycles. The lowest BCUT2D eigenvalue weighted by atomic mass is 10.1. The molecule has 1 aromatic rings. The highest BCUT2D eigenvalue weighted by Crippen LogP contribution is 2.18. The predicted molar refractivity (Wildman–Crippen MR) is 71.3 cm³/mol. The summed E-state index contributed by atoms with van der Waals surface area (Å²) in [6.45, 7) is 2.20. The van der Waals surface area contributed by atoms with E-state index < -0.39 is 0 Å². The van der Waals surface area contributed by atoms with Gasteiger partial charge in [-0.15, -0.1) is 0 Å². The van der Waals surface area contributed by atoms with Crippen molar-refractivity contribution in [1.29, 1.82) is 0 Å². The normalized spacial score (nSPS) is 10.2. The van der Waals surface area contributed by atoms with Gasteiger partial charge in [0.05, 0.1) is 0 Å². The van der Waals surface area contributed by atoms with Crippen molar-refractivity contribution in [1.82, 2.24) is 0 Å². The molecule has 0 nitrogen and oxygen atoms in total. The molecule has 1 aromatic carbocycles. The molecule has 0 N–H and O–H groups in total.